The van der Waals surface area contributed by atoms with Crippen LogP contribution in [0.15, 0.2) is 30.4 Å². The molecular formula is C31H46NO12P. The SMILES string of the molecule is COCOc1cc(N(CCOP(=O)(O)O)C(=O)OC(C)(C)C)cc2c1C(=O)O[C@@H](C)[C@H](C)/C=C\C[C@H]1OC(C)(C)O[C@H]1C/C=C/2. The van der Waals surface area contributed by atoms with Crippen molar-refractivity contribution in [3.63, 3.8) is 0 Å². The number of cyclic esters (lactones) is 1. The van der Waals surface area contributed by atoms with Crippen molar-refractivity contribution in [2.24, 2.45) is 5.92 Å². The zero-order valence-corrected chi connectivity index (χ0v) is 28.1. The Bertz CT molecular complexity index is 1300. The summed E-state index contributed by atoms with van der Waals surface area (Å²) in [5.41, 5.74) is -0.217. The maximum atomic E-state index is 13.7. The summed E-state index contributed by atoms with van der Waals surface area (Å²) in [5, 5.41) is 0. The summed E-state index contributed by atoms with van der Waals surface area (Å²) in [6.45, 7) is 11.5. The molecule has 1 saturated heterocycles. The van der Waals surface area contributed by atoms with Crippen molar-refractivity contribution in [1.29, 1.82) is 0 Å². The lowest BCUT2D eigenvalue weighted by molar-refractivity contribution is -0.145. The van der Waals surface area contributed by atoms with E-state index in [1.165, 1.54) is 13.2 Å². The molecule has 2 N–H and O–H groups in total. The number of esters is 1. The average Bonchev–Trinajstić information content (AvgIpc) is 3.20. The summed E-state index contributed by atoms with van der Waals surface area (Å²) in [7, 11) is -3.40. The molecule has 1 aromatic rings. The highest BCUT2D eigenvalue weighted by molar-refractivity contribution is 7.46. The van der Waals surface area contributed by atoms with Crippen LogP contribution in [0.5, 0.6) is 5.75 Å². The molecule has 0 spiro atoms. The van der Waals surface area contributed by atoms with Gasteiger partial charge < -0.3 is 38.2 Å². The number of anilines is 1. The first-order chi connectivity index (χ1) is 20.9. The molecule has 0 aliphatic carbocycles. The summed E-state index contributed by atoms with van der Waals surface area (Å²) in [6.07, 6.45) is 6.85. The average molecular weight is 656 g/mol. The summed E-state index contributed by atoms with van der Waals surface area (Å²) < 4.78 is 50.7. The molecule has 2 aliphatic rings. The standard InChI is InChI=1S/C31H46NO12P/c1-20-11-9-13-24-25(43-31(6,7)42-24)14-10-12-22-17-23(18-26(39-19-38-8)27(22)28(33)41-21(20)2)32(15-16-40-45(35,36)37)29(34)44-30(3,4)5/h9-12,17-18,20-21,24-25H,13-16,19H2,1-8H3,(H2,35,36,37)/b11-9-,12-10+/t20-,21+,24-,25+/m1/s1. The van der Waals surface area contributed by atoms with Gasteiger partial charge in [-0.25, -0.2) is 14.2 Å². The molecule has 0 bridgehead atoms. The number of methoxy groups -OCH3 is 1. The molecule has 2 heterocycles. The van der Waals surface area contributed by atoms with Gasteiger partial charge in [0.25, 0.3) is 0 Å². The summed E-state index contributed by atoms with van der Waals surface area (Å²) in [5.74, 6) is -1.47. The Labute approximate surface area is 264 Å². The van der Waals surface area contributed by atoms with Crippen molar-refractivity contribution >= 4 is 31.6 Å². The van der Waals surface area contributed by atoms with E-state index >= 15 is 0 Å². The van der Waals surface area contributed by atoms with E-state index in [-0.39, 0.29) is 48.5 Å². The van der Waals surface area contributed by atoms with Gasteiger partial charge in [-0.3, -0.25) is 9.42 Å². The predicted molar refractivity (Wildman–Crippen MR) is 166 cm³/mol. The van der Waals surface area contributed by atoms with E-state index in [0.29, 0.717) is 18.4 Å². The lowest BCUT2D eigenvalue weighted by Gasteiger charge is -2.28. The van der Waals surface area contributed by atoms with Crippen molar-refractivity contribution in [3.8, 4) is 5.75 Å². The number of hydrogen-bond acceptors (Lipinski definition) is 10. The Morgan fingerprint density at radius 1 is 1.11 bits per heavy atom. The maximum Gasteiger partial charge on any atom is 0.469 e. The fourth-order valence-electron chi connectivity index (χ4n) is 4.81. The van der Waals surface area contributed by atoms with Crippen molar-refractivity contribution < 1.29 is 56.9 Å². The molecule has 1 amide bonds. The number of amides is 1. The van der Waals surface area contributed by atoms with E-state index in [4.69, 9.17) is 28.4 Å². The van der Waals surface area contributed by atoms with Crippen molar-refractivity contribution in [1.82, 2.24) is 0 Å². The minimum absolute atomic E-state index is 0.0606. The minimum Gasteiger partial charge on any atom is -0.467 e. The van der Waals surface area contributed by atoms with Crippen LogP contribution in [0.1, 0.15) is 77.2 Å². The molecule has 3 rings (SSSR count). The summed E-state index contributed by atoms with van der Waals surface area (Å²) in [4.78, 5) is 46.6. The molecule has 0 radical (unpaired) electrons. The van der Waals surface area contributed by atoms with Gasteiger partial charge in [-0.1, -0.05) is 31.2 Å². The number of ether oxygens (including phenoxy) is 6. The third-order valence-corrected chi connectivity index (χ3v) is 7.46. The van der Waals surface area contributed by atoms with Crippen molar-refractivity contribution in [2.45, 2.75) is 91.0 Å². The molecule has 0 aromatic heterocycles. The van der Waals surface area contributed by atoms with E-state index < -0.39 is 44.0 Å². The fraction of sp³-hybridized carbons (Fsp3) is 0.613. The number of carbonyl (C=O) groups is 2. The van der Waals surface area contributed by atoms with Gasteiger partial charge in [0, 0.05) is 19.1 Å². The molecular weight excluding hydrogens is 609 g/mol. The smallest absolute Gasteiger partial charge is 0.467 e. The van der Waals surface area contributed by atoms with Gasteiger partial charge in [0.2, 0.25) is 0 Å². The second kappa shape index (κ2) is 15.2. The van der Waals surface area contributed by atoms with Gasteiger partial charge in [-0.05, 0) is 66.0 Å². The van der Waals surface area contributed by atoms with Gasteiger partial charge in [0.15, 0.2) is 12.6 Å². The molecule has 2 aliphatic heterocycles. The molecule has 0 unspecified atom stereocenters. The van der Waals surface area contributed by atoms with Crippen molar-refractivity contribution in [2.75, 3.05) is 32.0 Å². The first kappa shape index (κ1) is 36.7. The Morgan fingerprint density at radius 3 is 2.36 bits per heavy atom. The summed E-state index contributed by atoms with van der Waals surface area (Å²) >= 11 is 0. The van der Waals surface area contributed by atoms with Crippen LogP contribution in [-0.2, 0) is 32.8 Å². The largest absolute Gasteiger partial charge is 0.469 e. The zero-order valence-electron chi connectivity index (χ0n) is 27.2. The Balaban J connectivity index is 2.16. The van der Waals surface area contributed by atoms with Crippen LogP contribution < -0.4 is 9.64 Å². The number of phosphoric ester groups is 1. The molecule has 252 valence electrons. The van der Waals surface area contributed by atoms with Crippen LogP contribution in [0.25, 0.3) is 6.08 Å². The van der Waals surface area contributed by atoms with Crippen LogP contribution in [0.4, 0.5) is 10.5 Å². The molecule has 1 aromatic carbocycles. The third-order valence-electron chi connectivity index (χ3n) is 6.95. The number of nitrogens with zero attached hydrogens (tertiary/aromatic N) is 1. The first-order valence-electron chi connectivity index (χ1n) is 14.8. The second-order valence-electron chi connectivity index (χ2n) is 12.4. The lowest BCUT2D eigenvalue weighted by Crippen LogP contribution is -2.39. The van der Waals surface area contributed by atoms with Crippen LogP contribution in [0, 0.1) is 5.92 Å². The zero-order chi connectivity index (χ0) is 33.6. The Hall–Kier alpha value is -2.77. The van der Waals surface area contributed by atoms with E-state index in [1.807, 2.05) is 39.0 Å². The second-order valence-corrected chi connectivity index (χ2v) is 13.6. The molecule has 14 heteroatoms. The van der Waals surface area contributed by atoms with Gasteiger partial charge in [-0.2, -0.15) is 0 Å². The van der Waals surface area contributed by atoms with E-state index in [9.17, 15) is 23.9 Å². The number of carbonyl (C=O) groups excluding carboxylic acids is 2. The van der Waals surface area contributed by atoms with Gasteiger partial charge in [0.1, 0.15) is 23.0 Å². The van der Waals surface area contributed by atoms with Gasteiger partial charge in [0.05, 0.1) is 31.0 Å². The first-order valence-corrected chi connectivity index (χ1v) is 16.3. The van der Waals surface area contributed by atoms with Gasteiger partial charge in [-0.15, -0.1) is 0 Å². The number of fused-ring (bicyclic) bond motifs is 2. The number of rotatable bonds is 8. The van der Waals surface area contributed by atoms with Crippen molar-refractivity contribution in [3.05, 3.63) is 41.5 Å². The van der Waals surface area contributed by atoms with Crippen LogP contribution >= 0.6 is 7.82 Å². The van der Waals surface area contributed by atoms with Crippen LogP contribution in [0.2, 0.25) is 0 Å². The van der Waals surface area contributed by atoms with Crippen LogP contribution in [-0.4, -0.2) is 78.6 Å². The van der Waals surface area contributed by atoms with Gasteiger partial charge >= 0.3 is 19.9 Å². The number of phosphoric acid groups is 1. The molecule has 4 atom stereocenters. The molecule has 45 heavy (non-hydrogen) atoms. The Morgan fingerprint density at radius 2 is 1.76 bits per heavy atom. The Kier molecular flexibility index (Phi) is 12.4. The summed E-state index contributed by atoms with van der Waals surface area (Å²) in [6, 6.07) is 3.01. The highest BCUT2D eigenvalue weighted by Gasteiger charge is 2.40. The van der Waals surface area contributed by atoms with E-state index in [0.717, 1.165) is 4.90 Å². The highest BCUT2D eigenvalue weighted by atomic mass is 31.2. The fourth-order valence-corrected chi connectivity index (χ4v) is 5.13. The third kappa shape index (κ3) is 11.2. The maximum absolute atomic E-state index is 13.7. The molecule has 13 nitrogen and oxygen atoms in total. The molecule has 1 fully saturated rings. The number of hydrogen-bond donors (Lipinski definition) is 2. The van der Waals surface area contributed by atoms with E-state index in [1.54, 1.807) is 39.8 Å². The normalized spacial score (nSPS) is 25.2. The minimum atomic E-state index is -4.82. The predicted octanol–water partition coefficient (Wildman–Crippen LogP) is 5.58. The number of benzene rings is 1. The van der Waals surface area contributed by atoms with Crippen LogP contribution in [0.3, 0.4) is 0 Å². The lowest BCUT2D eigenvalue weighted by atomic mass is 9.99. The quantitative estimate of drug-likeness (QED) is 0.155. The van der Waals surface area contributed by atoms with E-state index in [2.05, 4.69) is 4.52 Å². The molecule has 0 saturated carbocycles. The highest BCUT2D eigenvalue weighted by Crippen LogP contribution is 2.37. The topological polar surface area (TPSA) is 160 Å². The monoisotopic (exact) mass is 655 g/mol.